The molecule has 23 heavy (non-hydrogen) atoms. The lowest BCUT2D eigenvalue weighted by atomic mass is 10.1. The van der Waals surface area contributed by atoms with E-state index in [1.807, 2.05) is 29.3 Å². The summed E-state index contributed by atoms with van der Waals surface area (Å²) in [4.78, 5) is 18.9. The number of rotatable bonds is 3. The summed E-state index contributed by atoms with van der Waals surface area (Å²) >= 11 is 0. The minimum atomic E-state index is 0. The predicted molar refractivity (Wildman–Crippen MR) is 92.2 cm³/mol. The van der Waals surface area contributed by atoms with E-state index in [1.165, 1.54) is 0 Å². The Labute approximate surface area is 142 Å². The average molecular weight is 338 g/mol. The number of carbonyl (C=O) groups is 1. The van der Waals surface area contributed by atoms with E-state index in [4.69, 9.17) is 0 Å². The minimum absolute atomic E-state index is 0. The lowest BCUT2D eigenvalue weighted by Crippen LogP contribution is -2.46. The van der Waals surface area contributed by atoms with Crippen molar-refractivity contribution in [1.82, 2.24) is 24.8 Å². The molecule has 0 bridgehead atoms. The molecular weight excluding hydrogens is 314 g/mol. The fraction of sp³-hybridized carbons (Fsp3) is 0.562. The SMILES string of the molecule is Cc1cc2nc(C)c(CCC(=O)N3CCNCC3)c(C)n2n1.Cl. The van der Waals surface area contributed by atoms with E-state index >= 15 is 0 Å². The zero-order chi connectivity index (χ0) is 15.7. The van der Waals surface area contributed by atoms with E-state index in [0.717, 1.165) is 60.9 Å². The molecule has 126 valence electrons. The van der Waals surface area contributed by atoms with Crippen LogP contribution < -0.4 is 5.32 Å². The maximum absolute atomic E-state index is 12.3. The average Bonchev–Trinajstić information content (AvgIpc) is 2.88. The number of piperazine rings is 1. The van der Waals surface area contributed by atoms with Gasteiger partial charge in [0.2, 0.25) is 5.91 Å². The van der Waals surface area contributed by atoms with Crippen molar-refractivity contribution in [1.29, 1.82) is 0 Å². The summed E-state index contributed by atoms with van der Waals surface area (Å²) in [6.07, 6.45) is 1.26. The van der Waals surface area contributed by atoms with E-state index < -0.39 is 0 Å². The van der Waals surface area contributed by atoms with Crippen LogP contribution in [0.2, 0.25) is 0 Å². The number of nitrogens with one attached hydrogen (secondary N) is 1. The Balaban J connectivity index is 0.00000192. The molecule has 6 nitrogen and oxygen atoms in total. The van der Waals surface area contributed by atoms with Crippen LogP contribution in [0.5, 0.6) is 0 Å². The quantitative estimate of drug-likeness (QED) is 0.920. The van der Waals surface area contributed by atoms with Crippen LogP contribution in [0.1, 0.15) is 29.1 Å². The molecule has 2 aromatic rings. The lowest BCUT2D eigenvalue weighted by Gasteiger charge is -2.27. The van der Waals surface area contributed by atoms with Crippen LogP contribution in [0.25, 0.3) is 5.65 Å². The lowest BCUT2D eigenvalue weighted by molar-refractivity contribution is -0.131. The van der Waals surface area contributed by atoms with Crippen LogP contribution in [-0.2, 0) is 11.2 Å². The number of aryl methyl sites for hydroxylation is 3. The molecule has 2 aromatic heterocycles. The van der Waals surface area contributed by atoms with Crippen molar-refractivity contribution < 1.29 is 4.79 Å². The summed E-state index contributed by atoms with van der Waals surface area (Å²) < 4.78 is 1.88. The summed E-state index contributed by atoms with van der Waals surface area (Å²) in [6, 6.07) is 1.98. The highest BCUT2D eigenvalue weighted by Gasteiger charge is 2.18. The number of carbonyl (C=O) groups excluding carboxylic acids is 1. The summed E-state index contributed by atoms with van der Waals surface area (Å²) in [6.45, 7) is 9.45. The fourth-order valence-electron chi connectivity index (χ4n) is 3.11. The molecule has 1 saturated heterocycles. The second-order valence-corrected chi connectivity index (χ2v) is 5.95. The molecule has 7 heteroatoms. The summed E-state index contributed by atoms with van der Waals surface area (Å²) in [7, 11) is 0. The maximum atomic E-state index is 12.3. The van der Waals surface area contributed by atoms with Gasteiger partial charge in [-0.25, -0.2) is 9.50 Å². The Kier molecular flexibility index (Phi) is 5.59. The molecule has 0 unspecified atom stereocenters. The van der Waals surface area contributed by atoms with Crippen LogP contribution in [0.4, 0.5) is 0 Å². The normalized spacial score (nSPS) is 14.8. The largest absolute Gasteiger partial charge is 0.340 e. The molecule has 1 N–H and O–H groups in total. The maximum Gasteiger partial charge on any atom is 0.222 e. The Morgan fingerprint density at radius 1 is 1.26 bits per heavy atom. The van der Waals surface area contributed by atoms with E-state index in [1.54, 1.807) is 0 Å². The summed E-state index contributed by atoms with van der Waals surface area (Å²) in [5.41, 5.74) is 5.06. The van der Waals surface area contributed by atoms with Gasteiger partial charge in [-0.05, 0) is 32.8 Å². The Morgan fingerprint density at radius 2 is 1.96 bits per heavy atom. The topological polar surface area (TPSA) is 62.5 Å². The molecule has 0 atom stereocenters. The highest BCUT2D eigenvalue weighted by molar-refractivity contribution is 5.85. The van der Waals surface area contributed by atoms with E-state index in [0.29, 0.717) is 6.42 Å². The first-order valence-electron chi connectivity index (χ1n) is 7.87. The molecule has 3 rings (SSSR count). The third-order valence-electron chi connectivity index (χ3n) is 4.34. The summed E-state index contributed by atoms with van der Waals surface area (Å²) in [5.74, 6) is 0.233. The molecule has 1 aliphatic rings. The number of halogens is 1. The van der Waals surface area contributed by atoms with Gasteiger partial charge in [0.1, 0.15) is 0 Å². The zero-order valence-corrected chi connectivity index (χ0v) is 14.7. The zero-order valence-electron chi connectivity index (χ0n) is 13.9. The number of hydrogen-bond donors (Lipinski definition) is 1. The Bertz CT molecular complexity index is 706. The van der Waals surface area contributed by atoms with Gasteiger partial charge in [-0.15, -0.1) is 12.4 Å². The van der Waals surface area contributed by atoms with E-state index in [2.05, 4.69) is 22.3 Å². The third kappa shape index (κ3) is 3.64. The molecular formula is C16H24ClN5O. The standard InChI is InChI=1S/C16H23N5O.ClH/c1-11-10-15-18-12(2)14(13(3)21(15)19-11)4-5-16(22)20-8-6-17-7-9-20;/h10,17H,4-9H2,1-3H3;1H. The van der Waals surface area contributed by atoms with Crippen molar-refractivity contribution in [3.8, 4) is 0 Å². The van der Waals surface area contributed by atoms with Gasteiger partial charge < -0.3 is 10.2 Å². The van der Waals surface area contributed by atoms with Crippen molar-refractivity contribution >= 4 is 24.0 Å². The molecule has 1 fully saturated rings. The fourth-order valence-corrected chi connectivity index (χ4v) is 3.11. The molecule has 1 aliphatic heterocycles. The van der Waals surface area contributed by atoms with Crippen LogP contribution >= 0.6 is 12.4 Å². The summed E-state index contributed by atoms with van der Waals surface area (Å²) in [5, 5.41) is 7.75. The number of amides is 1. The monoisotopic (exact) mass is 337 g/mol. The Morgan fingerprint density at radius 3 is 2.65 bits per heavy atom. The number of aromatic nitrogens is 3. The van der Waals surface area contributed by atoms with Gasteiger partial charge in [0.25, 0.3) is 0 Å². The van der Waals surface area contributed by atoms with Crippen LogP contribution in [-0.4, -0.2) is 51.6 Å². The van der Waals surface area contributed by atoms with Crippen LogP contribution in [0.15, 0.2) is 6.07 Å². The molecule has 1 amide bonds. The van der Waals surface area contributed by atoms with Gasteiger partial charge in [0.15, 0.2) is 5.65 Å². The van der Waals surface area contributed by atoms with Gasteiger partial charge in [0.05, 0.1) is 5.69 Å². The van der Waals surface area contributed by atoms with Gasteiger partial charge in [-0.2, -0.15) is 5.10 Å². The first kappa shape index (κ1) is 17.7. The number of nitrogens with zero attached hydrogens (tertiary/aromatic N) is 4. The van der Waals surface area contributed by atoms with Crippen LogP contribution in [0.3, 0.4) is 0 Å². The van der Waals surface area contributed by atoms with Crippen molar-refractivity contribution in [2.24, 2.45) is 0 Å². The Hall–Kier alpha value is -1.66. The van der Waals surface area contributed by atoms with Crippen molar-refractivity contribution in [2.75, 3.05) is 26.2 Å². The van der Waals surface area contributed by atoms with Gasteiger partial charge in [0, 0.05) is 50.1 Å². The van der Waals surface area contributed by atoms with E-state index in [-0.39, 0.29) is 18.3 Å². The van der Waals surface area contributed by atoms with Crippen molar-refractivity contribution in [3.05, 3.63) is 28.7 Å². The molecule has 0 spiro atoms. The van der Waals surface area contributed by atoms with Gasteiger partial charge in [-0.1, -0.05) is 0 Å². The van der Waals surface area contributed by atoms with Crippen LogP contribution in [0, 0.1) is 20.8 Å². The van der Waals surface area contributed by atoms with Gasteiger partial charge >= 0.3 is 0 Å². The number of fused-ring (bicyclic) bond motifs is 1. The van der Waals surface area contributed by atoms with E-state index in [9.17, 15) is 4.79 Å². The molecule has 0 radical (unpaired) electrons. The molecule has 0 aromatic carbocycles. The number of hydrogen-bond acceptors (Lipinski definition) is 4. The second-order valence-electron chi connectivity index (χ2n) is 5.95. The van der Waals surface area contributed by atoms with Crippen molar-refractivity contribution in [2.45, 2.75) is 33.6 Å². The molecule has 0 aliphatic carbocycles. The molecule has 3 heterocycles. The highest BCUT2D eigenvalue weighted by Crippen LogP contribution is 2.17. The second kappa shape index (κ2) is 7.27. The minimum Gasteiger partial charge on any atom is -0.340 e. The van der Waals surface area contributed by atoms with Gasteiger partial charge in [-0.3, -0.25) is 4.79 Å². The third-order valence-corrected chi connectivity index (χ3v) is 4.34. The molecule has 0 saturated carbocycles. The highest BCUT2D eigenvalue weighted by atomic mass is 35.5. The van der Waals surface area contributed by atoms with Crippen molar-refractivity contribution in [3.63, 3.8) is 0 Å². The first-order chi connectivity index (χ1) is 10.6. The smallest absolute Gasteiger partial charge is 0.222 e. The predicted octanol–water partition coefficient (Wildman–Crippen LogP) is 1.44. The first-order valence-corrected chi connectivity index (χ1v) is 7.87.